The second-order valence-electron chi connectivity index (χ2n) is 4.13. The Labute approximate surface area is 123 Å². The van der Waals surface area contributed by atoms with Crippen LogP contribution in [0.15, 0.2) is 53.0 Å². The summed E-state index contributed by atoms with van der Waals surface area (Å²) in [4.78, 5) is 12.1. The topological polar surface area (TPSA) is 26.3 Å². The van der Waals surface area contributed by atoms with Gasteiger partial charge in [0.2, 0.25) is 0 Å². The van der Waals surface area contributed by atoms with Crippen molar-refractivity contribution in [2.24, 2.45) is 0 Å². The van der Waals surface area contributed by atoms with Gasteiger partial charge in [0.15, 0.2) is 5.78 Å². The molecule has 0 N–H and O–H groups in total. The lowest BCUT2D eigenvalue weighted by Crippen LogP contribution is -2.06. The number of hydrogen-bond acceptors (Lipinski definition) is 2. The van der Waals surface area contributed by atoms with Gasteiger partial charge >= 0.3 is 6.61 Å². The Balaban J connectivity index is 2.10. The summed E-state index contributed by atoms with van der Waals surface area (Å²) in [6, 6.07) is 13.2. The van der Waals surface area contributed by atoms with E-state index in [4.69, 9.17) is 0 Å². The standard InChI is InChI=1S/C15H11BrF2O2/c16-12-6-4-10(5-7-12)8-14(19)11-2-1-3-13(9-11)20-15(17)18/h1-7,9,15H,8H2. The third-order valence-corrected chi connectivity index (χ3v) is 3.19. The summed E-state index contributed by atoms with van der Waals surface area (Å²) < 4.78 is 29.5. The highest BCUT2D eigenvalue weighted by Gasteiger charge is 2.10. The van der Waals surface area contributed by atoms with Crippen LogP contribution >= 0.6 is 15.9 Å². The minimum atomic E-state index is -2.90. The first kappa shape index (κ1) is 14.7. The van der Waals surface area contributed by atoms with Crippen LogP contribution in [0.2, 0.25) is 0 Å². The third kappa shape index (κ3) is 4.13. The Kier molecular flexibility index (Phi) is 4.84. The molecular formula is C15H11BrF2O2. The molecule has 0 aliphatic carbocycles. The average Bonchev–Trinajstić information content (AvgIpc) is 2.41. The summed E-state index contributed by atoms with van der Waals surface area (Å²) in [7, 11) is 0. The fraction of sp³-hybridized carbons (Fsp3) is 0.133. The number of Topliss-reactive ketones (excluding diaryl/α,β-unsaturated/α-hetero) is 1. The maximum atomic E-state index is 12.1. The summed E-state index contributed by atoms with van der Waals surface area (Å²) in [5.74, 6) is -0.159. The third-order valence-electron chi connectivity index (χ3n) is 2.66. The van der Waals surface area contributed by atoms with E-state index in [-0.39, 0.29) is 18.0 Å². The molecule has 0 aliphatic rings. The van der Waals surface area contributed by atoms with Crippen molar-refractivity contribution >= 4 is 21.7 Å². The van der Waals surface area contributed by atoms with E-state index in [1.807, 2.05) is 24.3 Å². The quantitative estimate of drug-likeness (QED) is 0.750. The maximum Gasteiger partial charge on any atom is 0.387 e. The van der Waals surface area contributed by atoms with Crippen LogP contribution in [0.4, 0.5) is 8.78 Å². The van der Waals surface area contributed by atoms with E-state index in [1.165, 1.54) is 18.2 Å². The molecule has 2 nitrogen and oxygen atoms in total. The van der Waals surface area contributed by atoms with E-state index in [0.29, 0.717) is 5.56 Å². The minimum absolute atomic E-state index is 0.0124. The summed E-state index contributed by atoms with van der Waals surface area (Å²) in [5, 5.41) is 0. The number of ether oxygens (including phenoxy) is 1. The summed E-state index contributed by atoms with van der Waals surface area (Å²) in [6.45, 7) is -2.90. The highest BCUT2D eigenvalue weighted by atomic mass is 79.9. The Morgan fingerprint density at radius 3 is 2.50 bits per heavy atom. The van der Waals surface area contributed by atoms with Gasteiger partial charge in [0, 0.05) is 16.5 Å². The molecule has 0 amide bonds. The van der Waals surface area contributed by atoms with Crippen molar-refractivity contribution in [1.29, 1.82) is 0 Å². The van der Waals surface area contributed by atoms with Crippen LogP contribution in [0.25, 0.3) is 0 Å². The van der Waals surface area contributed by atoms with Crippen LogP contribution in [-0.2, 0) is 6.42 Å². The van der Waals surface area contributed by atoms with Crippen molar-refractivity contribution in [2.75, 3.05) is 0 Å². The van der Waals surface area contributed by atoms with Gasteiger partial charge in [-0.05, 0) is 29.8 Å². The van der Waals surface area contributed by atoms with Crippen LogP contribution < -0.4 is 4.74 Å². The van der Waals surface area contributed by atoms with E-state index in [1.54, 1.807) is 6.07 Å². The minimum Gasteiger partial charge on any atom is -0.435 e. The van der Waals surface area contributed by atoms with Gasteiger partial charge in [0.25, 0.3) is 0 Å². The summed E-state index contributed by atoms with van der Waals surface area (Å²) >= 11 is 3.32. The highest BCUT2D eigenvalue weighted by Crippen LogP contribution is 2.18. The Hall–Kier alpha value is -1.75. The lowest BCUT2D eigenvalue weighted by molar-refractivity contribution is -0.0498. The Morgan fingerprint density at radius 1 is 1.15 bits per heavy atom. The maximum absolute atomic E-state index is 12.1. The molecular weight excluding hydrogens is 330 g/mol. The van der Waals surface area contributed by atoms with E-state index in [0.717, 1.165) is 10.0 Å². The zero-order valence-corrected chi connectivity index (χ0v) is 11.9. The number of carbonyl (C=O) groups excluding carboxylic acids is 1. The zero-order valence-electron chi connectivity index (χ0n) is 10.4. The molecule has 104 valence electrons. The number of halogens is 3. The monoisotopic (exact) mass is 340 g/mol. The van der Waals surface area contributed by atoms with E-state index in [2.05, 4.69) is 20.7 Å². The van der Waals surface area contributed by atoms with Gasteiger partial charge in [-0.2, -0.15) is 8.78 Å². The SMILES string of the molecule is O=C(Cc1ccc(Br)cc1)c1cccc(OC(F)F)c1. The molecule has 0 saturated carbocycles. The van der Waals surface area contributed by atoms with Gasteiger partial charge in [-0.1, -0.05) is 40.2 Å². The van der Waals surface area contributed by atoms with Gasteiger partial charge in [0.05, 0.1) is 0 Å². The molecule has 0 heterocycles. The van der Waals surface area contributed by atoms with E-state index in [9.17, 15) is 13.6 Å². The molecule has 2 aromatic rings. The average molecular weight is 341 g/mol. The largest absolute Gasteiger partial charge is 0.435 e. The van der Waals surface area contributed by atoms with Gasteiger partial charge in [-0.15, -0.1) is 0 Å². The molecule has 0 saturated heterocycles. The predicted octanol–water partition coefficient (Wildman–Crippen LogP) is 4.48. The summed E-state index contributed by atoms with van der Waals surface area (Å²) in [5.41, 5.74) is 1.21. The zero-order chi connectivity index (χ0) is 14.5. The van der Waals surface area contributed by atoms with Crippen LogP contribution in [0.5, 0.6) is 5.75 Å². The summed E-state index contributed by atoms with van der Waals surface area (Å²) in [6.07, 6.45) is 0.214. The molecule has 2 rings (SSSR count). The number of carbonyl (C=O) groups is 1. The van der Waals surface area contributed by atoms with Crippen molar-refractivity contribution < 1.29 is 18.3 Å². The second-order valence-corrected chi connectivity index (χ2v) is 5.05. The van der Waals surface area contributed by atoms with Crippen molar-refractivity contribution in [2.45, 2.75) is 13.0 Å². The lowest BCUT2D eigenvalue weighted by Gasteiger charge is -2.06. The Morgan fingerprint density at radius 2 is 1.85 bits per heavy atom. The highest BCUT2D eigenvalue weighted by molar-refractivity contribution is 9.10. The van der Waals surface area contributed by atoms with Crippen LogP contribution in [0.3, 0.4) is 0 Å². The van der Waals surface area contributed by atoms with Gasteiger partial charge in [0.1, 0.15) is 5.75 Å². The molecule has 20 heavy (non-hydrogen) atoms. The lowest BCUT2D eigenvalue weighted by atomic mass is 10.0. The second kappa shape index (κ2) is 6.61. The van der Waals surface area contributed by atoms with Gasteiger partial charge < -0.3 is 4.74 Å². The van der Waals surface area contributed by atoms with Crippen molar-refractivity contribution in [3.05, 3.63) is 64.1 Å². The van der Waals surface area contributed by atoms with Crippen molar-refractivity contribution in [3.63, 3.8) is 0 Å². The number of rotatable bonds is 5. The van der Waals surface area contributed by atoms with Crippen molar-refractivity contribution in [1.82, 2.24) is 0 Å². The normalized spacial score (nSPS) is 10.6. The van der Waals surface area contributed by atoms with Crippen molar-refractivity contribution in [3.8, 4) is 5.75 Å². The van der Waals surface area contributed by atoms with Crippen LogP contribution in [-0.4, -0.2) is 12.4 Å². The van der Waals surface area contributed by atoms with E-state index >= 15 is 0 Å². The van der Waals surface area contributed by atoms with Gasteiger partial charge in [-0.3, -0.25) is 4.79 Å². The molecule has 0 atom stereocenters. The number of hydrogen-bond donors (Lipinski definition) is 0. The number of ketones is 1. The molecule has 0 bridgehead atoms. The molecule has 0 aromatic heterocycles. The molecule has 2 aromatic carbocycles. The molecule has 0 spiro atoms. The fourth-order valence-electron chi connectivity index (χ4n) is 1.74. The number of benzene rings is 2. The molecule has 0 aliphatic heterocycles. The van der Waals surface area contributed by atoms with E-state index < -0.39 is 6.61 Å². The molecule has 0 fully saturated rings. The van der Waals surface area contributed by atoms with Gasteiger partial charge in [-0.25, -0.2) is 0 Å². The first-order valence-corrected chi connectivity index (χ1v) is 6.66. The molecule has 0 radical (unpaired) electrons. The Bertz CT molecular complexity index is 597. The first-order valence-electron chi connectivity index (χ1n) is 5.87. The van der Waals surface area contributed by atoms with Crippen LogP contribution in [0.1, 0.15) is 15.9 Å². The molecule has 5 heteroatoms. The predicted molar refractivity (Wildman–Crippen MR) is 75.3 cm³/mol. The smallest absolute Gasteiger partial charge is 0.387 e. The van der Waals surface area contributed by atoms with Crippen LogP contribution in [0, 0.1) is 0 Å². The first-order chi connectivity index (χ1) is 9.54. The fourth-order valence-corrected chi connectivity index (χ4v) is 2.00. The molecule has 0 unspecified atom stereocenters. The number of alkyl halides is 2.